The van der Waals surface area contributed by atoms with Gasteiger partial charge in [0.25, 0.3) is 11.1 Å². The molecule has 0 heterocycles. The second kappa shape index (κ2) is 6.48. The van der Waals surface area contributed by atoms with Crippen molar-refractivity contribution in [3.05, 3.63) is 16.4 Å². The molecule has 0 unspecified atom stereocenters. The van der Waals surface area contributed by atoms with E-state index >= 15 is 0 Å². The molecule has 0 N–H and O–H groups in total. The first-order chi connectivity index (χ1) is 4.52. The van der Waals surface area contributed by atoms with E-state index in [-0.39, 0.29) is 32.7 Å². The van der Waals surface area contributed by atoms with Crippen LogP contribution >= 0.6 is 0 Å². The van der Waals surface area contributed by atoms with E-state index < -0.39 is 17.3 Å². The maximum absolute atomic E-state index is 10.1. The number of esters is 1. The van der Waals surface area contributed by atoms with Gasteiger partial charge in [-0.15, -0.1) is 17.0 Å². The van der Waals surface area contributed by atoms with Crippen LogP contribution in [-0.2, 0) is 47.1 Å². The number of nitrogens with zero attached hydrogens (tertiary/aromatic N) is 1. The molecule has 0 aliphatic heterocycles. The largest absolute Gasteiger partial charge is 0.608 e. The summed E-state index contributed by atoms with van der Waals surface area (Å²) < 4.78 is 4.17. The fraction of sp³-hybridized carbons (Fsp3) is 0.500. The van der Waals surface area contributed by atoms with Gasteiger partial charge in [0.1, 0.15) is 0 Å². The van der Waals surface area contributed by atoms with Crippen LogP contribution in [0.1, 0.15) is 13.8 Å². The monoisotopic (exact) mass is 237 g/mol. The van der Waals surface area contributed by atoms with Crippen molar-refractivity contribution >= 4 is 5.97 Å². The smallest absolute Gasteiger partial charge is 0.273 e. The van der Waals surface area contributed by atoms with Crippen LogP contribution in [0.25, 0.3) is 0 Å². The first-order valence-electron chi connectivity index (χ1n) is 2.36. The molecule has 0 aliphatic rings. The first kappa shape index (κ1) is 13.4. The maximum Gasteiger partial charge on any atom is 0.273 e. The minimum Gasteiger partial charge on any atom is -0.608 e. The van der Waals surface area contributed by atoms with Gasteiger partial charge < -0.3 is 9.57 Å². The number of ether oxygens (including phenoxy) is 1. The normalized spacial score (nSPS) is 8.27. The summed E-state index contributed by atoms with van der Waals surface area (Å²) in [5, 5.41) is 8.51. The predicted molar refractivity (Wildman–Crippen MR) is 28.8 cm³/mol. The van der Waals surface area contributed by atoms with Crippen molar-refractivity contribution in [2.45, 2.75) is 13.8 Å². The van der Waals surface area contributed by atoms with Gasteiger partial charge >= 0.3 is 0 Å². The third-order valence-corrected chi connectivity index (χ3v) is 0.491. The van der Waals surface area contributed by atoms with Gasteiger partial charge in [0.2, 0.25) is 0 Å². The molecule has 0 aromatic carbocycles. The molecule has 0 bridgehead atoms. The summed E-state index contributed by atoms with van der Waals surface area (Å²) in [4.78, 5) is 23.4. The van der Waals surface area contributed by atoms with Crippen molar-refractivity contribution in [1.29, 1.82) is 0 Å². The number of carbonyl (C=O) groups excluding carboxylic acids is 1. The molecule has 0 saturated carbocycles. The Labute approximate surface area is 88.2 Å². The zero-order valence-electron chi connectivity index (χ0n) is 6.07. The third kappa shape index (κ3) is 9.77. The number of rotatable bonds is 3. The van der Waals surface area contributed by atoms with Crippen LogP contribution < -0.4 is 0 Å². The summed E-state index contributed by atoms with van der Waals surface area (Å²) in [7, 11) is 0. The van der Waals surface area contributed by atoms with Crippen molar-refractivity contribution in [3.63, 3.8) is 0 Å². The molecule has 0 aromatic heterocycles. The van der Waals surface area contributed by atoms with Crippen LogP contribution in [-0.4, -0.2) is 11.1 Å². The van der Waals surface area contributed by atoms with Crippen molar-refractivity contribution in [2.24, 2.45) is 0 Å². The summed E-state index contributed by atoms with van der Waals surface area (Å²) >= 11 is 0. The fourth-order valence-corrected chi connectivity index (χ4v) is 0.326. The molecule has 6 nitrogen and oxygen atoms in total. The quantitative estimate of drug-likeness (QED) is 0.304. The van der Waals surface area contributed by atoms with Crippen molar-refractivity contribution in [1.82, 2.24) is 0 Å². The topological polar surface area (TPSA) is 78.7 Å². The van der Waals surface area contributed by atoms with Gasteiger partial charge in [0, 0.05) is 45.9 Å². The molecule has 7 heteroatoms. The Balaban J connectivity index is 0. The Kier molecular flexibility index (Phi) is 7.88. The second-order valence-electron chi connectivity index (χ2n) is 1.40. The van der Waals surface area contributed by atoms with Gasteiger partial charge in [0.15, 0.2) is 0 Å². The van der Waals surface area contributed by atoms with Gasteiger partial charge in [-0.3, -0.25) is 4.79 Å². The van der Waals surface area contributed by atoms with E-state index in [2.05, 4.69) is 9.57 Å². The minimum absolute atomic E-state index is 0. The van der Waals surface area contributed by atoms with Crippen LogP contribution in [0.15, 0.2) is 0 Å². The van der Waals surface area contributed by atoms with E-state index in [1.54, 1.807) is 0 Å². The Morgan fingerprint density at radius 3 is 2.36 bits per heavy atom. The van der Waals surface area contributed by atoms with Crippen LogP contribution in [0.2, 0.25) is 0 Å². The van der Waals surface area contributed by atoms with Gasteiger partial charge in [-0.25, -0.2) is 0 Å². The number of hydrogen-bond donors (Lipinski definition) is 0. The number of hydrogen-bond acceptors (Lipinski definition) is 5. The molecule has 61 valence electrons. The molecule has 0 fully saturated rings. The third-order valence-electron chi connectivity index (χ3n) is 0.491. The van der Waals surface area contributed by atoms with Gasteiger partial charge in [-0.2, -0.15) is 0 Å². The Hall–Kier alpha value is -0.226. The van der Waals surface area contributed by atoms with Gasteiger partial charge in [-0.1, -0.05) is 0 Å². The Morgan fingerprint density at radius 1 is 1.64 bits per heavy atom. The average Bonchev–Trinajstić information content (AvgIpc) is 1.58. The van der Waals surface area contributed by atoms with Gasteiger partial charge in [-0.05, 0) is 0 Å². The predicted octanol–water partition coefficient (Wildman–Crippen LogP) is 0.265. The van der Waals surface area contributed by atoms with Crippen molar-refractivity contribution < 1.29 is 52.2 Å². The van der Waals surface area contributed by atoms with E-state index in [9.17, 15) is 14.9 Å². The summed E-state index contributed by atoms with van der Waals surface area (Å²) in [5.41, 5.74) is 0. The second-order valence-corrected chi connectivity index (χ2v) is 1.40. The molecule has 0 rings (SSSR count). The zero-order chi connectivity index (χ0) is 8.15. The molecule has 0 amide bonds. The maximum atomic E-state index is 10.1. The van der Waals surface area contributed by atoms with E-state index in [0.29, 0.717) is 0 Å². The fourth-order valence-electron chi connectivity index (χ4n) is 0.326. The summed E-state index contributed by atoms with van der Waals surface area (Å²) in [6.45, 7) is 2.29. The van der Waals surface area contributed by atoms with E-state index in [1.807, 2.05) is 0 Å². The molecule has 0 saturated heterocycles. The molecule has 1 radical (unpaired) electrons. The van der Waals surface area contributed by atoms with Crippen LogP contribution in [0.5, 0.6) is 0 Å². The molecule has 0 spiro atoms. The SMILES string of the molecule is CC(=O)O[C-](C)O[N+](=O)[O-].[Y]. The standard InChI is InChI=1S/C4H6NO5.Y/c1-3(6)9-4(2)10-5(7)8;/h1-2H3;/q-1;. The van der Waals surface area contributed by atoms with E-state index in [4.69, 9.17) is 0 Å². The zero-order valence-corrected chi connectivity index (χ0v) is 8.90. The molecule has 11 heavy (non-hydrogen) atoms. The Morgan fingerprint density at radius 2 is 2.09 bits per heavy atom. The molecular weight excluding hydrogens is 231 g/mol. The summed E-state index contributed by atoms with van der Waals surface area (Å²) in [5.74, 6) is -0.653. The van der Waals surface area contributed by atoms with Crippen molar-refractivity contribution in [2.75, 3.05) is 0 Å². The average molecular weight is 237 g/mol. The van der Waals surface area contributed by atoms with E-state index in [0.717, 1.165) is 6.92 Å². The molecular formula is C4H6NO5Y-. The van der Waals surface area contributed by atoms with Gasteiger partial charge in [0.05, 0.1) is 0 Å². The van der Waals surface area contributed by atoms with Crippen LogP contribution in [0.3, 0.4) is 0 Å². The Bertz CT molecular complexity index is 133. The molecule has 0 aliphatic carbocycles. The summed E-state index contributed by atoms with van der Waals surface area (Å²) in [6, 6.07) is 0. The first-order valence-corrected chi connectivity index (χ1v) is 2.36. The van der Waals surface area contributed by atoms with Crippen LogP contribution in [0.4, 0.5) is 0 Å². The minimum atomic E-state index is -1.06. The van der Waals surface area contributed by atoms with E-state index in [1.165, 1.54) is 6.92 Å². The van der Waals surface area contributed by atoms with Crippen molar-refractivity contribution in [3.8, 4) is 0 Å². The molecule has 0 aromatic rings. The molecule has 0 atom stereocenters. The van der Waals surface area contributed by atoms with Crippen LogP contribution in [0, 0.1) is 16.4 Å². The summed E-state index contributed by atoms with van der Waals surface area (Å²) in [6.07, 6.45) is -0.391. The number of carbonyl (C=O) groups is 1.